The number of aromatic nitrogens is 2. The van der Waals surface area contributed by atoms with Gasteiger partial charge in [0, 0.05) is 22.7 Å². The van der Waals surface area contributed by atoms with Crippen molar-refractivity contribution in [2.75, 3.05) is 10.6 Å². The van der Waals surface area contributed by atoms with Crippen molar-refractivity contribution in [1.82, 2.24) is 9.55 Å². The lowest BCUT2D eigenvalue weighted by molar-refractivity contribution is -0.117. The number of fused-ring (bicyclic) bond motifs is 1. The van der Waals surface area contributed by atoms with Crippen molar-refractivity contribution in [3.63, 3.8) is 0 Å². The van der Waals surface area contributed by atoms with Gasteiger partial charge in [-0.1, -0.05) is 42.3 Å². The predicted octanol–water partition coefficient (Wildman–Crippen LogP) is 5.01. The van der Waals surface area contributed by atoms with Gasteiger partial charge in [0.05, 0.1) is 16.7 Å². The van der Waals surface area contributed by atoms with Crippen LogP contribution in [0.4, 0.5) is 11.4 Å². The standard InChI is InChI=1S/C26H23ClN4O3/c1-3-23(32)29-20-13-8-16(2)14-19(20)25-26(34)31(22-7-5-4-6-21(22)30-25)15-24(33)28-18-11-9-17(27)10-12-18/h4-14H,3,15H2,1-2H3,(H,28,33)(H,29,32). The van der Waals surface area contributed by atoms with Crippen LogP contribution in [0.15, 0.2) is 71.5 Å². The number of rotatable bonds is 6. The Morgan fingerprint density at radius 3 is 2.44 bits per heavy atom. The number of amides is 2. The maximum atomic E-state index is 13.6. The van der Waals surface area contributed by atoms with Gasteiger partial charge in [0.2, 0.25) is 11.8 Å². The zero-order valence-corrected chi connectivity index (χ0v) is 19.5. The molecule has 0 aliphatic heterocycles. The predicted molar refractivity (Wildman–Crippen MR) is 135 cm³/mol. The zero-order chi connectivity index (χ0) is 24.2. The fraction of sp³-hybridized carbons (Fsp3) is 0.154. The van der Waals surface area contributed by atoms with Crippen molar-refractivity contribution in [3.05, 3.63) is 87.7 Å². The summed E-state index contributed by atoms with van der Waals surface area (Å²) < 4.78 is 1.40. The zero-order valence-electron chi connectivity index (χ0n) is 18.8. The maximum Gasteiger partial charge on any atom is 0.278 e. The number of nitrogens with zero attached hydrogens (tertiary/aromatic N) is 2. The van der Waals surface area contributed by atoms with Gasteiger partial charge in [0.15, 0.2) is 0 Å². The second-order valence-corrected chi connectivity index (χ2v) is 8.28. The van der Waals surface area contributed by atoms with E-state index in [0.717, 1.165) is 5.56 Å². The molecule has 0 atom stereocenters. The summed E-state index contributed by atoms with van der Waals surface area (Å²) in [4.78, 5) is 43.1. The molecule has 1 heterocycles. The molecule has 0 aliphatic rings. The van der Waals surface area contributed by atoms with E-state index in [9.17, 15) is 14.4 Å². The number of carbonyl (C=O) groups excluding carboxylic acids is 2. The molecular weight excluding hydrogens is 452 g/mol. The van der Waals surface area contributed by atoms with Crippen molar-refractivity contribution >= 4 is 45.8 Å². The van der Waals surface area contributed by atoms with Gasteiger partial charge in [-0.3, -0.25) is 19.0 Å². The van der Waals surface area contributed by atoms with Crippen molar-refractivity contribution < 1.29 is 9.59 Å². The van der Waals surface area contributed by atoms with Gasteiger partial charge in [-0.25, -0.2) is 4.98 Å². The van der Waals surface area contributed by atoms with Crippen LogP contribution < -0.4 is 16.2 Å². The van der Waals surface area contributed by atoms with Crippen LogP contribution in [0.5, 0.6) is 0 Å². The van der Waals surface area contributed by atoms with Crippen LogP contribution in [-0.2, 0) is 16.1 Å². The van der Waals surface area contributed by atoms with Crippen LogP contribution in [0.3, 0.4) is 0 Å². The van der Waals surface area contributed by atoms with Gasteiger partial charge in [-0.05, 0) is 55.5 Å². The molecule has 0 unspecified atom stereocenters. The number of benzene rings is 3. The van der Waals surface area contributed by atoms with Crippen LogP contribution in [0.2, 0.25) is 5.02 Å². The summed E-state index contributed by atoms with van der Waals surface area (Å²) in [6, 6.07) is 19.3. The van der Waals surface area contributed by atoms with E-state index in [1.165, 1.54) is 4.57 Å². The Balaban J connectivity index is 1.80. The van der Waals surface area contributed by atoms with E-state index >= 15 is 0 Å². The Hall–Kier alpha value is -3.97. The minimum atomic E-state index is -0.428. The molecule has 2 amide bonds. The third-order valence-electron chi connectivity index (χ3n) is 5.31. The third-order valence-corrected chi connectivity index (χ3v) is 5.56. The second kappa shape index (κ2) is 9.89. The van der Waals surface area contributed by atoms with Crippen molar-refractivity contribution in [2.45, 2.75) is 26.8 Å². The van der Waals surface area contributed by atoms with E-state index in [1.807, 2.05) is 25.1 Å². The molecule has 172 valence electrons. The molecule has 34 heavy (non-hydrogen) atoms. The second-order valence-electron chi connectivity index (χ2n) is 7.85. The summed E-state index contributed by atoms with van der Waals surface area (Å²) in [5, 5.41) is 6.19. The Morgan fingerprint density at radius 1 is 0.971 bits per heavy atom. The molecule has 0 bridgehead atoms. The minimum absolute atomic E-state index is 0.160. The Kier molecular flexibility index (Phi) is 6.75. The summed E-state index contributed by atoms with van der Waals surface area (Å²) >= 11 is 5.91. The SMILES string of the molecule is CCC(=O)Nc1ccc(C)cc1-c1nc2ccccc2n(CC(=O)Nc2ccc(Cl)cc2)c1=O. The number of nitrogens with one attached hydrogen (secondary N) is 2. The van der Waals surface area contributed by atoms with E-state index in [4.69, 9.17) is 11.6 Å². The first kappa shape index (κ1) is 23.2. The van der Waals surface area contributed by atoms with Crippen molar-refractivity contribution in [1.29, 1.82) is 0 Å². The van der Waals surface area contributed by atoms with E-state index < -0.39 is 5.56 Å². The number of hydrogen-bond acceptors (Lipinski definition) is 4. The van der Waals surface area contributed by atoms with Gasteiger partial charge in [0.25, 0.3) is 5.56 Å². The Labute approximate surface area is 201 Å². The summed E-state index contributed by atoms with van der Waals surface area (Å²) in [6.07, 6.45) is 0.299. The average Bonchev–Trinajstić information content (AvgIpc) is 2.83. The van der Waals surface area contributed by atoms with E-state index in [1.54, 1.807) is 55.5 Å². The lowest BCUT2D eigenvalue weighted by atomic mass is 10.1. The van der Waals surface area contributed by atoms with Gasteiger partial charge in [0.1, 0.15) is 12.2 Å². The fourth-order valence-corrected chi connectivity index (χ4v) is 3.73. The molecule has 0 radical (unpaired) electrons. The first-order valence-corrected chi connectivity index (χ1v) is 11.2. The first-order chi connectivity index (χ1) is 16.4. The molecule has 0 fully saturated rings. The average molecular weight is 475 g/mol. The van der Waals surface area contributed by atoms with Gasteiger partial charge >= 0.3 is 0 Å². The third kappa shape index (κ3) is 5.00. The van der Waals surface area contributed by atoms with E-state index in [2.05, 4.69) is 15.6 Å². The Morgan fingerprint density at radius 2 is 1.71 bits per heavy atom. The monoisotopic (exact) mass is 474 g/mol. The molecule has 7 nitrogen and oxygen atoms in total. The highest BCUT2D eigenvalue weighted by Gasteiger charge is 2.18. The smallest absolute Gasteiger partial charge is 0.278 e. The number of hydrogen-bond donors (Lipinski definition) is 2. The highest BCUT2D eigenvalue weighted by molar-refractivity contribution is 6.30. The molecule has 4 rings (SSSR count). The summed E-state index contributed by atoms with van der Waals surface area (Å²) in [6.45, 7) is 3.44. The van der Waals surface area contributed by atoms with Gasteiger partial charge in [-0.15, -0.1) is 0 Å². The van der Waals surface area contributed by atoms with Crippen LogP contribution in [-0.4, -0.2) is 21.4 Å². The fourth-order valence-electron chi connectivity index (χ4n) is 3.60. The summed E-state index contributed by atoms with van der Waals surface area (Å²) in [5.41, 5.74) is 3.31. The lowest BCUT2D eigenvalue weighted by Gasteiger charge is -2.15. The highest BCUT2D eigenvalue weighted by atomic mass is 35.5. The van der Waals surface area contributed by atoms with Gasteiger partial charge in [-0.2, -0.15) is 0 Å². The molecule has 0 spiro atoms. The molecule has 4 aromatic rings. The molecule has 2 N–H and O–H groups in total. The molecule has 3 aromatic carbocycles. The topological polar surface area (TPSA) is 93.1 Å². The van der Waals surface area contributed by atoms with Gasteiger partial charge < -0.3 is 10.6 Å². The number of aryl methyl sites for hydroxylation is 1. The molecule has 0 saturated carbocycles. The number of anilines is 2. The number of carbonyl (C=O) groups is 2. The van der Waals surface area contributed by atoms with E-state index in [0.29, 0.717) is 39.4 Å². The lowest BCUT2D eigenvalue weighted by Crippen LogP contribution is -2.30. The minimum Gasteiger partial charge on any atom is -0.325 e. The molecule has 8 heteroatoms. The Bertz CT molecular complexity index is 1450. The first-order valence-electron chi connectivity index (χ1n) is 10.8. The van der Waals surface area contributed by atoms with Crippen LogP contribution in [0, 0.1) is 6.92 Å². The molecular formula is C26H23ClN4O3. The molecule has 0 saturated heterocycles. The molecule has 1 aromatic heterocycles. The van der Waals surface area contributed by atoms with Crippen LogP contribution in [0.1, 0.15) is 18.9 Å². The molecule has 0 aliphatic carbocycles. The van der Waals surface area contributed by atoms with Crippen molar-refractivity contribution in [2.24, 2.45) is 0 Å². The largest absolute Gasteiger partial charge is 0.325 e. The van der Waals surface area contributed by atoms with Crippen LogP contribution >= 0.6 is 11.6 Å². The van der Waals surface area contributed by atoms with Crippen LogP contribution in [0.25, 0.3) is 22.3 Å². The number of halogens is 1. The highest BCUT2D eigenvalue weighted by Crippen LogP contribution is 2.27. The van der Waals surface area contributed by atoms with E-state index in [-0.39, 0.29) is 24.1 Å². The summed E-state index contributed by atoms with van der Waals surface area (Å²) in [5.74, 6) is -0.538. The van der Waals surface area contributed by atoms with Crippen molar-refractivity contribution in [3.8, 4) is 11.3 Å². The quantitative estimate of drug-likeness (QED) is 0.410. The normalized spacial score (nSPS) is 10.8. The maximum absolute atomic E-state index is 13.6. The number of para-hydroxylation sites is 2. The summed E-state index contributed by atoms with van der Waals surface area (Å²) in [7, 11) is 0.